The second kappa shape index (κ2) is 4.89. The van der Waals surface area contributed by atoms with Gasteiger partial charge in [0.25, 0.3) is 0 Å². The molecule has 1 aromatic rings. The first kappa shape index (κ1) is 10.1. The molecular formula is C11H16FNS. The summed E-state index contributed by atoms with van der Waals surface area (Å²) in [5.74, 6) is 0. The first-order valence-electron chi connectivity index (χ1n) is 5.25. The molecule has 1 aliphatic rings. The van der Waals surface area contributed by atoms with Gasteiger partial charge in [-0.3, -0.25) is 0 Å². The molecule has 2 heterocycles. The van der Waals surface area contributed by atoms with Gasteiger partial charge in [-0.1, -0.05) is 6.42 Å². The van der Waals surface area contributed by atoms with Gasteiger partial charge in [-0.2, -0.15) is 11.3 Å². The van der Waals surface area contributed by atoms with Crippen LogP contribution in [-0.2, 0) is 6.42 Å². The van der Waals surface area contributed by atoms with Gasteiger partial charge in [-0.25, -0.2) is 4.39 Å². The van der Waals surface area contributed by atoms with Crippen molar-refractivity contribution in [3.8, 4) is 0 Å². The minimum absolute atomic E-state index is 0.0867. The lowest BCUT2D eigenvalue weighted by Gasteiger charge is -2.26. The van der Waals surface area contributed by atoms with E-state index >= 15 is 0 Å². The van der Waals surface area contributed by atoms with E-state index in [1.165, 1.54) is 12.8 Å². The lowest BCUT2D eigenvalue weighted by molar-refractivity contribution is 0.217. The summed E-state index contributed by atoms with van der Waals surface area (Å²) in [6, 6.07) is 2.10. The van der Waals surface area contributed by atoms with Crippen LogP contribution in [0.2, 0.25) is 0 Å². The van der Waals surface area contributed by atoms with E-state index in [1.807, 2.05) is 16.8 Å². The van der Waals surface area contributed by atoms with Crippen LogP contribution in [0.15, 0.2) is 16.8 Å². The summed E-state index contributed by atoms with van der Waals surface area (Å²) in [6.45, 7) is 0.981. The van der Waals surface area contributed by atoms with Crippen molar-refractivity contribution in [3.05, 3.63) is 22.4 Å². The van der Waals surface area contributed by atoms with Gasteiger partial charge >= 0.3 is 0 Å². The lowest BCUT2D eigenvalue weighted by Crippen LogP contribution is -2.42. The summed E-state index contributed by atoms with van der Waals surface area (Å²) in [5.41, 5.74) is 1.13. The molecule has 0 bridgehead atoms. The monoisotopic (exact) mass is 213 g/mol. The minimum Gasteiger partial charge on any atom is -0.311 e. The summed E-state index contributed by atoms with van der Waals surface area (Å²) >= 11 is 1.64. The van der Waals surface area contributed by atoms with Crippen LogP contribution in [0.5, 0.6) is 0 Å². The average molecular weight is 213 g/mol. The van der Waals surface area contributed by atoms with Gasteiger partial charge in [0.05, 0.1) is 0 Å². The van der Waals surface area contributed by atoms with Crippen LogP contribution < -0.4 is 5.32 Å². The van der Waals surface area contributed by atoms with E-state index in [-0.39, 0.29) is 6.04 Å². The third-order valence-electron chi connectivity index (χ3n) is 2.80. The van der Waals surface area contributed by atoms with Gasteiger partial charge in [0.1, 0.15) is 6.17 Å². The molecule has 0 amide bonds. The van der Waals surface area contributed by atoms with Crippen LogP contribution in [0.3, 0.4) is 0 Å². The van der Waals surface area contributed by atoms with Gasteiger partial charge < -0.3 is 5.32 Å². The molecule has 3 heteroatoms. The largest absolute Gasteiger partial charge is 0.311 e. The lowest BCUT2D eigenvalue weighted by atomic mass is 9.97. The van der Waals surface area contributed by atoms with E-state index in [0.29, 0.717) is 6.42 Å². The molecular weight excluding hydrogens is 197 g/mol. The molecule has 1 fully saturated rings. The summed E-state index contributed by atoms with van der Waals surface area (Å²) in [7, 11) is 0. The maximum absolute atomic E-state index is 13.8. The molecule has 1 nitrogen and oxygen atoms in total. The van der Waals surface area contributed by atoms with Crippen molar-refractivity contribution in [2.24, 2.45) is 0 Å². The highest BCUT2D eigenvalue weighted by Crippen LogP contribution is 2.18. The van der Waals surface area contributed by atoms with Crippen LogP contribution in [0, 0.1) is 0 Å². The molecule has 2 rings (SSSR count). The first-order valence-corrected chi connectivity index (χ1v) is 6.19. The molecule has 0 saturated carbocycles. The zero-order chi connectivity index (χ0) is 9.80. The SMILES string of the molecule is FC(Cc1ccsc1)C1CCCCN1. The maximum atomic E-state index is 13.8. The molecule has 1 aromatic heterocycles. The third kappa shape index (κ3) is 2.55. The second-order valence-corrected chi connectivity index (χ2v) is 4.69. The number of hydrogen-bond acceptors (Lipinski definition) is 2. The number of halogens is 1. The molecule has 0 spiro atoms. The van der Waals surface area contributed by atoms with E-state index in [4.69, 9.17) is 0 Å². The Bertz CT molecular complexity index is 254. The first-order chi connectivity index (χ1) is 6.86. The minimum atomic E-state index is -0.718. The number of rotatable bonds is 3. The molecule has 0 radical (unpaired) electrons. The highest BCUT2D eigenvalue weighted by molar-refractivity contribution is 7.07. The standard InChI is InChI=1S/C11H16FNS/c12-10(7-9-4-6-14-8-9)11-3-1-2-5-13-11/h4,6,8,10-11,13H,1-3,5,7H2. The van der Waals surface area contributed by atoms with Crippen LogP contribution >= 0.6 is 11.3 Å². The fraction of sp³-hybridized carbons (Fsp3) is 0.636. The molecule has 0 aliphatic carbocycles. The Morgan fingerprint density at radius 3 is 3.14 bits per heavy atom. The average Bonchev–Trinajstić information content (AvgIpc) is 2.72. The molecule has 2 unspecified atom stereocenters. The summed E-state index contributed by atoms with van der Waals surface area (Å²) in [6.07, 6.45) is 3.21. The predicted octanol–water partition coefficient (Wildman–Crippen LogP) is 2.77. The Morgan fingerprint density at radius 2 is 2.50 bits per heavy atom. The molecule has 78 valence electrons. The zero-order valence-electron chi connectivity index (χ0n) is 8.21. The number of piperidine rings is 1. The quantitative estimate of drug-likeness (QED) is 0.814. The van der Waals surface area contributed by atoms with Crippen molar-refractivity contribution in [2.75, 3.05) is 6.54 Å². The van der Waals surface area contributed by atoms with Crippen molar-refractivity contribution in [3.63, 3.8) is 0 Å². The number of alkyl halides is 1. The molecule has 0 aromatic carbocycles. The normalized spacial score (nSPS) is 24.8. The Labute approximate surface area is 88.3 Å². The molecule has 1 saturated heterocycles. The Kier molecular flexibility index (Phi) is 3.54. The van der Waals surface area contributed by atoms with Gasteiger partial charge in [-0.05, 0) is 41.8 Å². The van der Waals surface area contributed by atoms with Gasteiger partial charge in [0, 0.05) is 12.5 Å². The number of hydrogen-bond donors (Lipinski definition) is 1. The van der Waals surface area contributed by atoms with Crippen LogP contribution in [-0.4, -0.2) is 18.8 Å². The van der Waals surface area contributed by atoms with E-state index in [2.05, 4.69) is 5.32 Å². The Balaban J connectivity index is 1.85. The van der Waals surface area contributed by atoms with Crippen LogP contribution in [0.25, 0.3) is 0 Å². The van der Waals surface area contributed by atoms with Gasteiger partial charge in [-0.15, -0.1) is 0 Å². The van der Waals surface area contributed by atoms with Crippen LogP contribution in [0.1, 0.15) is 24.8 Å². The number of nitrogens with one attached hydrogen (secondary N) is 1. The predicted molar refractivity (Wildman–Crippen MR) is 58.6 cm³/mol. The fourth-order valence-electron chi connectivity index (χ4n) is 1.96. The van der Waals surface area contributed by atoms with Crippen molar-refractivity contribution in [2.45, 2.75) is 37.9 Å². The fourth-order valence-corrected chi connectivity index (χ4v) is 2.65. The van der Waals surface area contributed by atoms with Crippen LogP contribution in [0.4, 0.5) is 4.39 Å². The third-order valence-corrected chi connectivity index (χ3v) is 3.53. The highest BCUT2D eigenvalue weighted by atomic mass is 32.1. The molecule has 2 atom stereocenters. The van der Waals surface area contributed by atoms with E-state index < -0.39 is 6.17 Å². The van der Waals surface area contributed by atoms with E-state index in [1.54, 1.807) is 11.3 Å². The van der Waals surface area contributed by atoms with Crippen molar-refractivity contribution < 1.29 is 4.39 Å². The second-order valence-electron chi connectivity index (χ2n) is 3.91. The van der Waals surface area contributed by atoms with Crippen molar-refractivity contribution in [1.29, 1.82) is 0 Å². The summed E-state index contributed by atoms with van der Waals surface area (Å²) < 4.78 is 13.8. The van der Waals surface area contributed by atoms with Gasteiger partial charge in [0.2, 0.25) is 0 Å². The molecule has 1 N–H and O–H groups in total. The van der Waals surface area contributed by atoms with Gasteiger partial charge in [0.15, 0.2) is 0 Å². The number of thiophene rings is 1. The summed E-state index contributed by atoms with van der Waals surface area (Å²) in [5, 5.41) is 7.31. The molecule has 1 aliphatic heterocycles. The van der Waals surface area contributed by atoms with E-state index in [0.717, 1.165) is 18.5 Å². The maximum Gasteiger partial charge on any atom is 0.119 e. The van der Waals surface area contributed by atoms with Crippen molar-refractivity contribution in [1.82, 2.24) is 5.32 Å². The Hall–Kier alpha value is -0.410. The molecule has 14 heavy (non-hydrogen) atoms. The van der Waals surface area contributed by atoms with Crippen molar-refractivity contribution >= 4 is 11.3 Å². The topological polar surface area (TPSA) is 12.0 Å². The Morgan fingerprint density at radius 1 is 1.57 bits per heavy atom. The highest BCUT2D eigenvalue weighted by Gasteiger charge is 2.22. The zero-order valence-corrected chi connectivity index (χ0v) is 9.02. The van der Waals surface area contributed by atoms with E-state index in [9.17, 15) is 4.39 Å². The summed E-state index contributed by atoms with van der Waals surface area (Å²) in [4.78, 5) is 0. The smallest absolute Gasteiger partial charge is 0.119 e.